The van der Waals surface area contributed by atoms with Gasteiger partial charge in [-0.05, 0) is 31.6 Å². The quantitative estimate of drug-likeness (QED) is 0.556. The van der Waals surface area contributed by atoms with Gasteiger partial charge in [0, 0.05) is 19.0 Å². The molecule has 1 N–H and O–H groups in total. The van der Waals surface area contributed by atoms with Crippen LogP contribution in [0.2, 0.25) is 0 Å². The highest BCUT2D eigenvalue weighted by molar-refractivity contribution is 5.98. The van der Waals surface area contributed by atoms with E-state index in [1.54, 1.807) is 11.8 Å². The summed E-state index contributed by atoms with van der Waals surface area (Å²) in [6, 6.07) is -0.862. The molecule has 10 heteroatoms. The highest BCUT2D eigenvalue weighted by Gasteiger charge is 2.35. The van der Waals surface area contributed by atoms with Gasteiger partial charge in [0.2, 0.25) is 5.78 Å². The van der Waals surface area contributed by atoms with Crippen LogP contribution >= 0.6 is 0 Å². The van der Waals surface area contributed by atoms with E-state index in [4.69, 9.17) is 14.0 Å². The Hall–Kier alpha value is -2.49. The Kier molecular flexibility index (Phi) is 7.95. The van der Waals surface area contributed by atoms with Gasteiger partial charge < -0.3 is 24.2 Å². The molecule has 2 aliphatic carbocycles. The molecular formula is C23H34N4O6. The number of alkyl carbamates (subject to hydrolysis) is 1. The number of rotatable bonds is 9. The third-order valence-electron chi connectivity index (χ3n) is 6.73. The van der Waals surface area contributed by atoms with Gasteiger partial charge >= 0.3 is 6.09 Å². The third-order valence-corrected chi connectivity index (χ3v) is 6.73. The van der Waals surface area contributed by atoms with Gasteiger partial charge in [-0.15, -0.1) is 0 Å². The normalized spacial score (nSPS) is 21.3. The van der Waals surface area contributed by atoms with Crippen LogP contribution in [0.4, 0.5) is 4.79 Å². The molecule has 3 aliphatic rings. The first kappa shape index (κ1) is 23.7. The van der Waals surface area contributed by atoms with Gasteiger partial charge in [0.1, 0.15) is 6.04 Å². The number of carbonyl (C=O) groups excluding carboxylic acids is 3. The van der Waals surface area contributed by atoms with Gasteiger partial charge in [0.05, 0.1) is 13.2 Å². The minimum atomic E-state index is -0.872. The van der Waals surface area contributed by atoms with E-state index in [0.29, 0.717) is 50.9 Å². The van der Waals surface area contributed by atoms with Crippen LogP contribution in [0.3, 0.4) is 0 Å². The maximum absolute atomic E-state index is 13.2. The first-order valence-corrected chi connectivity index (χ1v) is 12.3. The molecule has 1 saturated heterocycles. The summed E-state index contributed by atoms with van der Waals surface area (Å²) >= 11 is 0. The minimum absolute atomic E-state index is 0.104. The van der Waals surface area contributed by atoms with E-state index in [9.17, 15) is 14.4 Å². The molecule has 10 nitrogen and oxygen atoms in total. The first-order valence-electron chi connectivity index (χ1n) is 12.3. The van der Waals surface area contributed by atoms with Crippen molar-refractivity contribution in [1.29, 1.82) is 0 Å². The monoisotopic (exact) mass is 462 g/mol. The topological polar surface area (TPSA) is 124 Å². The summed E-state index contributed by atoms with van der Waals surface area (Å²) < 4.78 is 16.1. The van der Waals surface area contributed by atoms with Crippen LogP contribution in [0.5, 0.6) is 0 Å². The third kappa shape index (κ3) is 6.31. The van der Waals surface area contributed by atoms with Gasteiger partial charge in [0.15, 0.2) is 11.9 Å². The smallest absolute Gasteiger partial charge is 0.408 e. The predicted molar refractivity (Wildman–Crippen MR) is 117 cm³/mol. The van der Waals surface area contributed by atoms with Crippen molar-refractivity contribution in [2.75, 3.05) is 26.3 Å². The van der Waals surface area contributed by atoms with Gasteiger partial charge in [0.25, 0.3) is 11.8 Å². The van der Waals surface area contributed by atoms with E-state index in [-0.39, 0.29) is 17.7 Å². The van der Waals surface area contributed by atoms with E-state index in [2.05, 4.69) is 15.5 Å². The second-order valence-electron chi connectivity index (χ2n) is 9.27. The number of morpholine rings is 1. The van der Waals surface area contributed by atoms with Crippen molar-refractivity contribution in [3.8, 4) is 0 Å². The largest absolute Gasteiger partial charge is 0.436 e. The number of nitrogens with one attached hydrogen (secondary N) is 1. The van der Waals surface area contributed by atoms with Gasteiger partial charge in [-0.2, -0.15) is 4.98 Å². The molecule has 2 heterocycles. The summed E-state index contributed by atoms with van der Waals surface area (Å²) in [5, 5.41) is 6.48. The van der Waals surface area contributed by atoms with Crippen molar-refractivity contribution >= 4 is 17.8 Å². The zero-order valence-corrected chi connectivity index (χ0v) is 19.3. The molecule has 0 aromatic carbocycles. The number of carbonyl (C=O) groups is 3. The lowest BCUT2D eigenvalue weighted by Crippen LogP contribution is -2.49. The van der Waals surface area contributed by atoms with Crippen LogP contribution in [-0.2, 0) is 14.3 Å². The number of hydrogen-bond donors (Lipinski definition) is 1. The second-order valence-corrected chi connectivity index (χ2v) is 9.27. The molecule has 0 unspecified atom stereocenters. The SMILES string of the molecule is CC[C@H](NC(=O)O[C@@H](CC1CCCCC1)C(=O)N1CCOCC1)C(=O)c1nc(C2CC2)no1. The average Bonchev–Trinajstić information content (AvgIpc) is 3.58. The number of nitrogens with zero attached hydrogens (tertiary/aromatic N) is 3. The molecule has 0 spiro atoms. The first-order chi connectivity index (χ1) is 16.0. The number of Topliss-reactive ketones (excluding diaryl/α,β-unsaturated/α-hetero) is 1. The Labute approximate surface area is 193 Å². The molecule has 33 heavy (non-hydrogen) atoms. The van der Waals surface area contributed by atoms with Crippen molar-refractivity contribution in [3.05, 3.63) is 11.7 Å². The predicted octanol–water partition coefficient (Wildman–Crippen LogP) is 2.83. The number of amides is 2. The second kappa shape index (κ2) is 11.1. The van der Waals surface area contributed by atoms with E-state index in [1.165, 1.54) is 6.42 Å². The molecular weight excluding hydrogens is 428 g/mol. The van der Waals surface area contributed by atoms with Crippen LogP contribution in [-0.4, -0.2) is 71.3 Å². The lowest BCUT2D eigenvalue weighted by molar-refractivity contribution is -0.145. The fraction of sp³-hybridized carbons (Fsp3) is 0.783. The van der Waals surface area contributed by atoms with Gasteiger partial charge in [-0.3, -0.25) is 9.59 Å². The van der Waals surface area contributed by atoms with Crippen LogP contribution in [0.15, 0.2) is 4.52 Å². The molecule has 4 rings (SSSR count). The molecule has 2 saturated carbocycles. The molecule has 182 valence electrons. The molecule has 1 aromatic rings. The summed E-state index contributed by atoms with van der Waals surface area (Å²) in [6.07, 6.45) is 6.72. The summed E-state index contributed by atoms with van der Waals surface area (Å²) in [4.78, 5) is 44.6. The van der Waals surface area contributed by atoms with E-state index < -0.39 is 24.0 Å². The fourth-order valence-electron chi connectivity index (χ4n) is 4.56. The van der Waals surface area contributed by atoms with Crippen molar-refractivity contribution < 1.29 is 28.4 Å². The molecule has 0 radical (unpaired) electrons. The molecule has 1 aromatic heterocycles. The molecule has 1 aliphatic heterocycles. The Morgan fingerprint density at radius 1 is 1.12 bits per heavy atom. The molecule has 0 bridgehead atoms. The molecule has 2 amide bonds. The maximum Gasteiger partial charge on any atom is 0.408 e. The number of hydrogen-bond acceptors (Lipinski definition) is 8. The average molecular weight is 463 g/mol. The van der Waals surface area contributed by atoms with Crippen LogP contribution in [0.25, 0.3) is 0 Å². The Morgan fingerprint density at radius 3 is 2.52 bits per heavy atom. The zero-order valence-electron chi connectivity index (χ0n) is 19.3. The van der Waals surface area contributed by atoms with Crippen molar-refractivity contribution in [3.63, 3.8) is 0 Å². The van der Waals surface area contributed by atoms with Crippen molar-refractivity contribution in [2.45, 2.75) is 82.8 Å². The number of ketones is 1. The Bertz CT molecular complexity index is 827. The lowest BCUT2D eigenvalue weighted by Gasteiger charge is -2.32. The van der Waals surface area contributed by atoms with Crippen LogP contribution < -0.4 is 5.32 Å². The standard InChI is InChI=1S/C23H34N4O6/c1-2-17(19(28)21-25-20(26-33-21)16-8-9-16)24-23(30)32-18(14-15-6-4-3-5-7-15)22(29)27-10-12-31-13-11-27/h15-18H,2-14H2,1H3,(H,24,30)/t17-,18-/m0/s1. The van der Waals surface area contributed by atoms with Crippen molar-refractivity contribution in [2.24, 2.45) is 5.92 Å². The maximum atomic E-state index is 13.2. The van der Waals surface area contributed by atoms with Gasteiger partial charge in [-0.25, -0.2) is 4.79 Å². The summed E-state index contributed by atoms with van der Waals surface area (Å²) in [5.74, 6) is 0.414. The molecule has 2 atom stereocenters. The van der Waals surface area contributed by atoms with Crippen LogP contribution in [0.1, 0.15) is 87.1 Å². The van der Waals surface area contributed by atoms with E-state index in [1.807, 2.05) is 0 Å². The highest BCUT2D eigenvalue weighted by Crippen LogP contribution is 2.38. The van der Waals surface area contributed by atoms with Crippen LogP contribution in [0, 0.1) is 5.92 Å². The zero-order chi connectivity index (χ0) is 23.2. The van der Waals surface area contributed by atoms with Gasteiger partial charge in [-0.1, -0.05) is 44.2 Å². The van der Waals surface area contributed by atoms with Crippen molar-refractivity contribution in [1.82, 2.24) is 20.4 Å². The summed E-state index contributed by atoms with van der Waals surface area (Å²) in [7, 11) is 0. The number of aromatic nitrogens is 2. The Balaban J connectivity index is 1.38. The van der Waals surface area contributed by atoms with E-state index in [0.717, 1.165) is 38.5 Å². The highest BCUT2D eigenvalue weighted by atomic mass is 16.6. The minimum Gasteiger partial charge on any atom is -0.436 e. The fourth-order valence-corrected chi connectivity index (χ4v) is 4.56. The number of ether oxygens (including phenoxy) is 2. The molecule has 3 fully saturated rings. The summed E-state index contributed by atoms with van der Waals surface area (Å²) in [6.45, 7) is 3.71. The summed E-state index contributed by atoms with van der Waals surface area (Å²) in [5.41, 5.74) is 0. The Morgan fingerprint density at radius 2 is 1.85 bits per heavy atom. The van der Waals surface area contributed by atoms with E-state index >= 15 is 0 Å². The lowest BCUT2D eigenvalue weighted by atomic mass is 9.85.